The van der Waals surface area contributed by atoms with Crippen molar-refractivity contribution in [1.82, 2.24) is 4.90 Å². The van der Waals surface area contributed by atoms with E-state index in [1.807, 2.05) is 45.0 Å². The molecule has 0 aromatic heterocycles. The van der Waals surface area contributed by atoms with E-state index in [0.29, 0.717) is 13.0 Å². The van der Waals surface area contributed by atoms with Crippen molar-refractivity contribution in [3.63, 3.8) is 0 Å². The van der Waals surface area contributed by atoms with Gasteiger partial charge in [-0.1, -0.05) is 24.3 Å². The molecule has 0 spiro atoms. The lowest BCUT2D eigenvalue weighted by atomic mass is 9.91. The number of rotatable bonds is 2. The number of aliphatic hydroxyl groups is 1. The van der Waals surface area contributed by atoms with E-state index in [2.05, 4.69) is 0 Å². The van der Waals surface area contributed by atoms with Gasteiger partial charge in [0.25, 0.3) is 0 Å². The summed E-state index contributed by atoms with van der Waals surface area (Å²) in [6.07, 6.45) is -0.575. The van der Waals surface area contributed by atoms with E-state index < -0.39 is 17.8 Å². The third-order valence-corrected chi connectivity index (χ3v) is 3.60. The number of hydrogen-bond acceptors (Lipinski definition) is 4. The second-order valence-corrected chi connectivity index (χ2v) is 6.45. The van der Waals surface area contributed by atoms with E-state index in [-0.39, 0.29) is 12.6 Å². The van der Waals surface area contributed by atoms with Gasteiger partial charge in [0.05, 0.1) is 12.1 Å². The molecule has 2 rings (SSSR count). The molecule has 0 fully saturated rings. The summed E-state index contributed by atoms with van der Waals surface area (Å²) in [5, 5.41) is 10.2. The van der Waals surface area contributed by atoms with Gasteiger partial charge in [0.1, 0.15) is 5.60 Å². The number of fused-ring (bicyclic) bond motifs is 1. The Kier molecular flexibility index (Phi) is 4.54. The predicted molar refractivity (Wildman–Crippen MR) is 80.8 cm³/mol. The third-order valence-electron chi connectivity index (χ3n) is 3.60. The Morgan fingerprint density at radius 3 is 2.62 bits per heavy atom. The number of benzene rings is 1. The molecule has 1 aromatic carbocycles. The summed E-state index contributed by atoms with van der Waals surface area (Å²) in [4.78, 5) is 14.0. The first-order chi connectivity index (χ1) is 9.81. The lowest BCUT2D eigenvalue weighted by Gasteiger charge is -2.39. The highest BCUT2D eigenvalue weighted by Gasteiger charge is 2.36. The van der Waals surface area contributed by atoms with Crippen molar-refractivity contribution in [1.29, 1.82) is 0 Å². The van der Waals surface area contributed by atoms with Crippen LogP contribution in [0.15, 0.2) is 24.3 Å². The first kappa shape index (κ1) is 15.8. The van der Waals surface area contributed by atoms with Crippen LogP contribution < -0.4 is 5.73 Å². The van der Waals surface area contributed by atoms with Crippen molar-refractivity contribution in [3.8, 4) is 0 Å². The molecule has 5 heteroatoms. The molecular formula is C16H24N2O3. The van der Waals surface area contributed by atoms with Gasteiger partial charge in [-0.2, -0.15) is 0 Å². The molecule has 0 saturated carbocycles. The van der Waals surface area contributed by atoms with E-state index in [1.54, 1.807) is 4.90 Å². The molecule has 116 valence electrons. The molecule has 0 unspecified atom stereocenters. The second kappa shape index (κ2) is 6.03. The van der Waals surface area contributed by atoms with Gasteiger partial charge in [-0.05, 0) is 38.3 Å². The highest BCUT2D eigenvalue weighted by atomic mass is 16.6. The third kappa shape index (κ3) is 3.74. The van der Waals surface area contributed by atoms with Crippen molar-refractivity contribution in [3.05, 3.63) is 35.4 Å². The number of amides is 1. The summed E-state index contributed by atoms with van der Waals surface area (Å²) in [6, 6.07) is 7.59. The maximum Gasteiger partial charge on any atom is 0.410 e. The Hall–Kier alpha value is -1.59. The van der Waals surface area contributed by atoms with Crippen molar-refractivity contribution >= 4 is 6.09 Å². The van der Waals surface area contributed by atoms with Gasteiger partial charge in [-0.25, -0.2) is 4.79 Å². The van der Waals surface area contributed by atoms with Crippen molar-refractivity contribution in [2.75, 3.05) is 6.54 Å². The van der Waals surface area contributed by atoms with Gasteiger partial charge in [0.2, 0.25) is 0 Å². The molecular weight excluding hydrogens is 268 g/mol. The maximum absolute atomic E-state index is 12.4. The van der Waals surface area contributed by atoms with E-state index in [4.69, 9.17) is 10.5 Å². The average molecular weight is 292 g/mol. The first-order valence-corrected chi connectivity index (χ1v) is 7.26. The summed E-state index contributed by atoms with van der Waals surface area (Å²) in [5.41, 5.74) is 7.26. The fourth-order valence-electron chi connectivity index (χ4n) is 2.57. The number of carbonyl (C=O) groups is 1. The highest BCUT2D eigenvalue weighted by molar-refractivity contribution is 5.69. The molecule has 3 N–H and O–H groups in total. The molecule has 1 heterocycles. The molecule has 1 aromatic rings. The van der Waals surface area contributed by atoms with Gasteiger partial charge in [-0.3, -0.25) is 4.90 Å². The second-order valence-electron chi connectivity index (χ2n) is 6.45. The van der Waals surface area contributed by atoms with Gasteiger partial charge in [0.15, 0.2) is 0 Å². The van der Waals surface area contributed by atoms with Gasteiger partial charge in [-0.15, -0.1) is 0 Å². The highest BCUT2D eigenvalue weighted by Crippen LogP contribution is 2.26. The molecule has 0 saturated heterocycles. The molecule has 21 heavy (non-hydrogen) atoms. The Bertz CT molecular complexity index is 510. The van der Waals surface area contributed by atoms with Crippen LogP contribution in [-0.2, 0) is 17.7 Å². The fraction of sp³-hybridized carbons (Fsp3) is 0.562. The first-order valence-electron chi connectivity index (χ1n) is 7.26. The number of hydrogen-bond donors (Lipinski definition) is 2. The van der Waals surface area contributed by atoms with Crippen molar-refractivity contribution in [2.45, 2.75) is 51.5 Å². The smallest absolute Gasteiger partial charge is 0.410 e. The molecule has 0 aliphatic carbocycles. The van der Waals surface area contributed by atoms with E-state index in [1.165, 1.54) is 0 Å². The van der Waals surface area contributed by atoms with Gasteiger partial charge >= 0.3 is 6.09 Å². The standard InChI is InChI=1S/C16H24N2O3/c1-16(2,3)21-15(20)18-10-12-7-5-4-6-11(12)8-13(18)14(19)9-17/h4-7,13-14,19H,8-10,17H2,1-3H3/t13-,14-/m0/s1. The molecule has 1 amide bonds. The Balaban J connectivity index is 2.26. The van der Waals surface area contributed by atoms with Crippen LogP contribution in [0.25, 0.3) is 0 Å². The Labute approximate surface area is 125 Å². The SMILES string of the molecule is CC(C)(C)OC(=O)N1Cc2ccccc2C[C@H]1[C@@H](O)CN. The summed E-state index contributed by atoms with van der Waals surface area (Å²) >= 11 is 0. The van der Waals surface area contributed by atoms with E-state index in [9.17, 15) is 9.90 Å². The molecule has 5 nitrogen and oxygen atoms in total. The minimum absolute atomic E-state index is 0.117. The van der Waals surface area contributed by atoms with Crippen LogP contribution in [0, 0.1) is 0 Å². The van der Waals surface area contributed by atoms with Crippen LogP contribution >= 0.6 is 0 Å². The summed E-state index contributed by atoms with van der Waals surface area (Å²) in [7, 11) is 0. The number of nitrogens with zero attached hydrogens (tertiary/aromatic N) is 1. The van der Waals surface area contributed by atoms with E-state index >= 15 is 0 Å². The summed E-state index contributed by atoms with van der Waals surface area (Å²) in [5.74, 6) is 0. The Morgan fingerprint density at radius 2 is 2.05 bits per heavy atom. The van der Waals surface area contributed by atoms with E-state index in [0.717, 1.165) is 11.1 Å². The van der Waals surface area contributed by atoms with Crippen molar-refractivity contribution in [2.24, 2.45) is 5.73 Å². The largest absolute Gasteiger partial charge is 0.444 e. The monoisotopic (exact) mass is 292 g/mol. The van der Waals surface area contributed by atoms with Crippen LogP contribution in [0.4, 0.5) is 4.79 Å². The number of nitrogens with two attached hydrogens (primary N) is 1. The Morgan fingerprint density at radius 1 is 1.43 bits per heavy atom. The lowest BCUT2D eigenvalue weighted by Crippen LogP contribution is -2.53. The van der Waals surface area contributed by atoms with Crippen molar-refractivity contribution < 1.29 is 14.6 Å². The zero-order valence-electron chi connectivity index (χ0n) is 12.9. The number of carbonyl (C=O) groups excluding carboxylic acids is 1. The normalized spacial score (nSPS) is 19.9. The minimum atomic E-state index is -0.758. The van der Waals surface area contributed by atoms with Crippen LogP contribution in [0.2, 0.25) is 0 Å². The van der Waals surface area contributed by atoms with Crippen LogP contribution in [0.1, 0.15) is 31.9 Å². The predicted octanol–water partition coefficient (Wildman–Crippen LogP) is 1.67. The quantitative estimate of drug-likeness (QED) is 0.869. The minimum Gasteiger partial charge on any atom is -0.444 e. The van der Waals surface area contributed by atoms with Crippen LogP contribution in [0.5, 0.6) is 0 Å². The number of aliphatic hydroxyl groups excluding tert-OH is 1. The van der Waals surface area contributed by atoms with Gasteiger partial charge < -0.3 is 15.6 Å². The molecule has 0 radical (unpaired) electrons. The summed E-state index contributed by atoms with van der Waals surface area (Å²) in [6.45, 7) is 6.05. The molecule has 0 bridgehead atoms. The summed E-state index contributed by atoms with van der Waals surface area (Å²) < 4.78 is 5.45. The van der Waals surface area contributed by atoms with Gasteiger partial charge in [0, 0.05) is 13.1 Å². The van der Waals surface area contributed by atoms with Crippen LogP contribution in [-0.4, -0.2) is 40.4 Å². The zero-order chi connectivity index (χ0) is 15.6. The maximum atomic E-state index is 12.4. The molecule has 1 aliphatic heterocycles. The van der Waals surface area contributed by atoms with Crippen LogP contribution in [0.3, 0.4) is 0 Å². The topological polar surface area (TPSA) is 75.8 Å². The fourth-order valence-corrected chi connectivity index (χ4v) is 2.57. The molecule has 2 atom stereocenters. The zero-order valence-corrected chi connectivity index (χ0v) is 12.9. The number of ether oxygens (including phenoxy) is 1. The molecule has 1 aliphatic rings. The average Bonchev–Trinajstić information content (AvgIpc) is 2.43. The lowest BCUT2D eigenvalue weighted by molar-refractivity contribution is -0.0101.